The van der Waals surface area contributed by atoms with E-state index < -0.39 is 0 Å². The second kappa shape index (κ2) is 6.89. The highest BCUT2D eigenvalue weighted by molar-refractivity contribution is 5.89. The number of ether oxygens (including phenoxy) is 1. The average Bonchev–Trinajstić information content (AvgIpc) is 2.89. The van der Waals surface area contributed by atoms with Crippen LogP contribution in [0, 0.1) is 11.7 Å². The zero-order valence-corrected chi connectivity index (χ0v) is 14.1. The van der Waals surface area contributed by atoms with E-state index in [2.05, 4.69) is 0 Å². The molecule has 0 radical (unpaired) electrons. The highest BCUT2D eigenvalue weighted by atomic mass is 19.1. The molecule has 24 heavy (non-hydrogen) atoms. The van der Waals surface area contributed by atoms with Crippen LogP contribution in [0.15, 0.2) is 24.3 Å². The monoisotopic (exact) mass is 334 g/mol. The fourth-order valence-corrected chi connectivity index (χ4v) is 3.20. The van der Waals surface area contributed by atoms with Crippen LogP contribution in [0.5, 0.6) is 0 Å². The summed E-state index contributed by atoms with van der Waals surface area (Å²) < 4.78 is 19.2. The van der Waals surface area contributed by atoms with Crippen LogP contribution in [-0.4, -0.2) is 53.4 Å². The zero-order valence-electron chi connectivity index (χ0n) is 14.1. The molecule has 1 aromatic carbocycles. The predicted molar refractivity (Wildman–Crippen MR) is 86.5 cm³/mol. The van der Waals surface area contributed by atoms with Gasteiger partial charge in [0.2, 0.25) is 11.8 Å². The minimum absolute atomic E-state index is 0.0252. The summed E-state index contributed by atoms with van der Waals surface area (Å²) in [6.45, 7) is 5.66. The van der Waals surface area contributed by atoms with E-state index in [1.165, 1.54) is 6.07 Å². The number of amides is 2. The molecular weight excluding hydrogens is 311 g/mol. The van der Waals surface area contributed by atoms with E-state index in [0.717, 1.165) is 0 Å². The highest BCUT2D eigenvalue weighted by Crippen LogP contribution is 2.25. The third-order valence-electron chi connectivity index (χ3n) is 4.72. The van der Waals surface area contributed by atoms with Gasteiger partial charge in [-0.15, -0.1) is 0 Å². The Labute approximate surface area is 141 Å². The lowest BCUT2D eigenvalue weighted by Gasteiger charge is -2.40. The lowest BCUT2D eigenvalue weighted by atomic mass is 10.0. The quantitative estimate of drug-likeness (QED) is 0.825. The van der Waals surface area contributed by atoms with Crippen molar-refractivity contribution < 1.29 is 18.7 Å². The molecule has 2 amide bonds. The largest absolute Gasteiger partial charge is 0.370 e. The van der Waals surface area contributed by atoms with Gasteiger partial charge in [0.15, 0.2) is 0 Å². The second-order valence-corrected chi connectivity index (χ2v) is 6.81. The second-order valence-electron chi connectivity index (χ2n) is 6.81. The van der Waals surface area contributed by atoms with Crippen LogP contribution < -0.4 is 0 Å². The molecule has 2 fully saturated rings. The number of hydrogen-bond acceptors (Lipinski definition) is 3. The summed E-state index contributed by atoms with van der Waals surface area (Å²) in [5.41, 5.74) is 0.524. The normalized spacial score (nSPS) is 21.5. The van der Waals surface area contributed by atoms with Crippen LogP contribution in [0.4, 0.5) is 4.39 Å². The van der Waals surface area contributed by atoms with Gasteiger partial charge < -0.3 is 14.5 Å². The molecular formula is C18H23FN2O3. The van der Waals surface area contributed by atoms with Crippen LogP contribution in [-0.2, 0) is 20.9 Å². The van der Waals surface area contributed by atoms with Gasteiger partial charge in [-0.3, -0.25) is 9.59 Å². The molecule has 2 heterocycles. The molecule has 5 nitrogen and oxygen atoms in total. The van der Waals surface area contributed by atoms with E-state index in [4.69, 9.17) is 4.74 Å². The number of hydrogen-bond donors (Lipinski definition) is 0. The first-order chi connectivity index (χ1) is 11.5. The SMILES string of the molecule is CC(C)N1C[C@@H](C(=O)N2CC(OCc3ccccc3F)C2)CC1=O. The Morgan fingerprint density at radius 3 is 2.62 bits per heavy atom. The molecule has 130 valence electrons. The average molecular weight is 334 g/mol. The van der Waals surface area contributed by atoms with Crippen molar-refractivity contribution in [3.8, 4) is 0 Å². The van der Waals surface area contributed by atoms with E-state index >= 15 is 0 Å². The first-order valence-corrected chi connectivity index (χ1v) is 8.39. The number of halogens is 1. The van der Waals surface area contributed by atoms with Crippen molar-refractivity contribution in [3.63, 3.8) is 0 Å². The highest BCUT2D eigenvalue weighted by Gasteiger charge is 2.41. The van der Waals surface area contributed by atoms with Gasteiger partial charge in [-0.05, 0) is 19.9 Å². The van der Waals surface area contributed by atoms with E-state index in [9.17, 15) is 14.0 Å². The number of nitrogens with zero attached hydrogens (tertiary/aromatic N) is 2. The molecule has 0 aliphatic carbocycles. The predicted octanol–water partition coefficient (Wildman–Crippen LogP) is 1.81. The summed E-state index contributed by atoms with van der Waals surface area (Å²) in [4.78, 5) is 27.8. The third-order valence-corrected chi connectivity index (χ3v) is 4.72. The van der Waals surface area contributed by atoms with Crippen molar-refractivity contribution in [1.82, 2.24) is 9.80 Å². The van der Waals surface area contributed by atoms with Gasteiger partial charge in [-0.1, -0.05) is 18.2 Å². The lowest BCUT2D eigenvalue weighted by molar-refractivity contribution is -0.150. The summed E-state index contributed by atoms with van der Waals surface area (Å²) in [5.74, 6) is -0.441. The van der Waals surface area contributed by atoms with E-state index in [1.54, 1.807) is 28.0 Å². The van der Waals surface area contributed by atoms with Gasteiger partial charge >= 0.3 is 0 Å². The first-order valence-electron chi connectivity index (χ1n) is 8.39. The molecule has 2 aliphatic rings. The summed E-state index contributed by atoms with van der Waals surface area (Å²) in [5, 5.41) is 0. The Bertz CT molecular complexity index is 628. The van der Waals surface area contributed by atoms with Gasteiger partial charge in [0.1, 0.15) is 5.82 Å². The summed E-state index contributed by atoms with van der Waals surface area (Å²) in [6.07, 6.45) is 0.237. The zero-order chi connectivity index (χ0) is 17.3. The lowest BCUT2D eigenvalue weighted by Crippen LogP contribution is -2.56. The van der Waals surface area contributed by atoms with Gasteiger partial charge in [-0.2, -0.15) is 0 Å². The van der Waals surface area contributed by atoms with Crippen molar-refractivity contribution in [2.45, 2.75) is 39.0 Å². The molecule has 1 atom stereocenters. The van der Waals surface area contributed by atoms with Crippen molar-refractivity contribution in [1.29, 1.82) is 0 Å². The maximum absolute atomic E-state index is 13.5. The van der Waals surface area contributed by atoms with Crippen molar-refractivity contribution in [2.24, 2.45) is 5.92 Å². The third kappa shape index (κ3) is 3.43. The molecule has 3 rings (SSSR count). The fourth-order valence-electron chi connectivity index (χ4n) is 3.20. The van der Waals surface area contributed by atoms with Crippen LogP contribution in [0.3, 0.4) is 0 Å². The van der Waals surface area contributed by atoms with Crippen LogP contribution in [0.1, 0.15) is 25.8 Å². The molecule has 2 saturated heterocycles. The molecule has 0 aromatic heterocycles. The Balaban J connectivity index is 1.44. The van der Waals surface area contributed by atoms with Crippen LogP contribution in [0.2, 0.25) is 0 Å². The van der Waals surface area contributed by atoms with E-state index in [1.807, 2.05) is 13.8 Å². The van der Waals surface area contributed by atoms with Crippen LogP contribution in [0.25, 0.3) is 0 Å². The number of rotatable bonds is 5. The molecule has 0 saturated carbocycles. The molecule has 6 heteroatoms. The summed E-state index contributed by atoms with van der Waals surface area (Å²) in [7, 11) is 0. The molecule has 0 spiro atoms. The number of benzene rings is 1. The van der Waals surface area contributed by atoms with Gasteiger partial charge in [0.05, 0.1) is 18.6 Å². The van der Waals surface area contributed by atoms with Gasteiger partial charge in [0.25, 0.3) is 0 Å². The maximum atomic E-state index is 13.5. The topological polar surface area (TPSA) is 49.9 Å². The standard InChI is InChI=1S/C18H23FN2O3/c1-12(2)21-8-14(7-17(21)22)18(23)20-9-15(10-20)24-11-13-5-3-4-6-16(13)19/h3-6,12,14-15H,7-11H2,1-2H3/t14-/m0/s1. The Kier molecular flexibility index (Phi) is 4.85. The van der Waals surface area contributed by atoms with Gasteiger partial charge in [0, 0.05) is 37.7 Å². The first kappa shape index (κ1) is 16.9. The molecule has 0 bridgehead atoms. The molecule has 0 unspecified atom stereocenters. The number of carbonyl (C=O) groups is 2. The Morgan fingerprint density at radius 2 is 2.00 bits per heavy atom. The smallest absolute Gasteiger partial charge is 0.228 e. The van der Waals surface area contributed by atoms with Gasteiger partial charge in [-0.25, -0.2) is 4.39 Å². The van der Waals surface area contributed by atoms with E-state index in [0.29, 0.717) is 31.6 Å². The molecule has 1 aromatic rings. The van der Waals surface area contributed by atoms with Crippen molar-refractivity contribution in [3.05, 3.63) is 35.6 Å². The fraction of sp³-hybridized carbons (Fsp3) is 0.556. The summed E-state index contributed by atoms with van der Waals surface area (Å²) >= 11 is 0. The minimum atomic E-state index is -0.275. The summed E-state index contributed by atoms with van der Waals surface area (Å²) in [6, 6.07) is 6.65. The van der Waals surface area contributed by atoms with Crippen molar-refractivity contribution >= 4 is 11.8 Å². The Hall–Kier alpha value is -1.95. The van der Waals surface area contributed by atoms with Crippen LogP contribution >= 0.6 is 0 Å². The number of carbonyl (C=O) groups excluding carboxylic acids is 2. The Morgan fingerprint density at radius 1 is 1.29 bits per heavy atom. The molecule has 2 aliphatic heterocycles. The van der Waals surface area contributed by atoms with Crippen molar-refractivity contribution in [2.75, 3.05) is 19.6 Å². The number of likely N-dealkylation sites (tertiary alicyclic amines) is 2. The van der Waals surface area contributed by atoms with E-state index in [-0.39, 0.29) is 42.3 Å². The minimum Gasteiger partial charge on any atom is -0.370 e. The molecule has 0 N–H and O–H groups in total. The maximum Gasteiger partial charge on any atom is 0.228 e.